The van der Waals surface area contributed by atoms with Gasteiger partial charge in [0.25, 0.3) is 0 Å². The van der Waals surface area contributed by atoms with Crippen LogP contribution in [-0.4, -0.2) is 12.1 Å². The minimum Gasteiger partial charge on any atom is -0.460 e. The number of nitrogens with zero attached hydrogens (tertiary/aromatic N) is 1. The molecule has 4 aromatic rings. The van der Waals surface area contributed by atoms with E-state index in [1.807, 2.05) is 49.4 Å². The summed E-state index contributed by atoms with van der Waals surface area (Å²) in [6.07, 6.45) is 1.45. The molecule has 24 heavy (non-hydrogen) atoms. The zero-order valence-electron chi connectivity index (χ0n) is 12.9. The maximum absolute atomic E-state index is 12.2. The molecule has 2 aromatic heterocycles. The maximum Gasteiger partial charge on any atom is 0.307 e. The van der Waals surface area contributed by atoms with Crippen LogP contribution in [0, 0.1) is 6.92 Å². The number of nitrogens with one attached hydrogen (secondary N) is 1. The van der Waals surface area contributed by atoms with Crippen molar-refractivity contribution in [2.24, 2.45) is 5.10 Å². The molecule has 5 heteroatoms. The van der Waals surface area contributed by atoms with E-state index in [4.69, 9.17) is 8.83 Å². The lowest BCUT2D eigenvalue weighted by Crippen LogP contribution is -2.16. The Kier molecular flexibility index (Phi) is 3.39. The highest BCUT2D eigenvalue weighted by Crippen LogP contribution is 2.28. The highest BCUT2D eigenvalue weighted by atomic mass is 16.3. The van der Waals surface area contributed by atoms with Gasteiger partial charge in [-0.15, -0.1) is 0 Å². The summed E-state index contributed by atoms with van der Waals surface area (Å²) in [6, 6.07) is 17.1. The van der Waals surface area contributed by atoms with E-state index in [1.54, 1.807) is 12.1 Å². The number of hydrazone groups is 1. The molecule has 0 atom stereocenters. The zero-order valence-corrected chi connectivity index (χ0v) is 12.9. The van der Waals surface area contributed by atoms with Gasteiger partial charge >= 0.3 is 5.91 Å². The maximum atomic E-state index is 12.2. The average Bonchev–Trinajstić information content (AvgIpc) is 3.21. The standard InChI is InChI=1S/C19H14N2O3/c1-12-6-8-14(23-12)11-20-21-19(22)18-10-16-15-5-3-2-4-13(15)7-9-17(16)24-18/h2-11H,1H3,(H,21,22)/b20-11-. The van der Waals surface area contributed by atoms with Gasteiger partial charge in [-0.25, -0.2) is 5.43 Å². The van der Waals surface area contributed by atoms with Crippen molar-refractivity contribution < 1.29 is 13.6 Å². The number of fused-ring (bicyclic) bond motifs is 3. The molecule has 0 unspecified atom stereocenters. The smallest absolute Gasteiger partial charge is 0.307 e. The molecule has 118 valence electrons. The minimum absolute atomic E-state index is 0.217. The number of hydrogen-bond donors (Lipinski definition) is 1. The summed E-state index contributed by atoms with van der Waals surface area (Å²) in [5.74, 6) is 1.17. The first-order valence-electron chi connectivity index (χ1n) is 7.52. The number of hydrogen-bond acceptors (Lipinski definition) is 4. The zero-order chi connectivity index (χ0) is 16.5. The molecular formula is C19H14N2O3. The highest BCUT2D eigenvalue weighted by molar-refractivity contribution is 6.08. The van der Waals surface area contributed by atoms with Crippen molar-refractivity contribution in [3.8, 4) is 0 Å². The van der Waals surface area contributed by atoms with Crippen LogP contribution in [-0.2, 0) is 0 Å². The summed E-state index contributed by atoms with van der Waals surface area (Å²) >= 11 is 0. The molecule has 0 radical (unpaired) electrons. The Morgan fingerprint density at radius 1 is 1.04 bits per heavy atom. The van der Waals surface area contributed by atoms with E-state index in [-0.39, 0.29) is 5.76 Å². The SMILES string of the molecule is Cc1ccc(/C=N\NC(=O)c2cc3c(ccc4ccccc43)o2)o1. The second kappa shape index (κ2) is 5.70. The van der Waals surface area contributed by atoms with Gasteiger partial charge < -0.3 is 8.83 Å². The second-order valence-electron chi connectivity index (χ2n) is 5.46. The van der Waals surface area contributed by atoms with Crippen molar-refractivity contribution in [1.29, 1.82) is 0 Å². The van der Waals surface area contributed by atoms with Crippen molar-refractivity contribution in [2.45, 2.75) is 6.92 Å². The number of benzene rings is 2. The number of amides is 1. The molecule has 1 amide bonds. The van der Waals surface area contributed by atoms with E-state index in [2.05, 4.69) is 10.5 Å². The molecule has 0 saturated carbocycles. The summed E-state index contributed by atoms with van der Waals surface area (Å²) in [5, 5.41) is 6.94. The lowest BCUT2D eigenvalue weighted by Gasteiger charge is -1.96. The summed E-state index contributed by atoms with van der Waals surface area (Å²) < 4.78 is 11.0. The lowest BCUT2D eigenvalue weighted by molar-refractivity contribution is 0.0929. The Balaban J connectivity index is 1.60. The fraction of sp³-hybridized carbons (Fsp3) is 0.0526. The van der Waals surface area contributed by atoms with Gasteiger partial charge in [0, 0.05) is 5.39 Å². The lowest BCUT2D eigenvalue weighted by atomic mass is 10.1. The Labute approximate surface area is 137 Å². The first kappa shape index (κ1) is 14.3. The third-order valence-corrected chi connectivity index (χ3v) is 3.77. The van der Waals surface area contributed by atoms with Crippen molar-refractivity contribution >= 4 is 33.9 Å². The van der Waals surface area contributed by atoms with Gasteiger partial charge in [-0.2, -0.15) is 5.10 Å². The quantitative estimate of drug-likeness (QED) is 0.453. The minimum atomic E-state index is -0.408. The van der Waals surface area contributed by atoms with Gasteiger partial charge in [0.05, 0.1) is 6.21 Å². The van der Waals surface area contributed by atoms with E-state index in [0.717, 1.165) is 21.9 Å². The predicted octanol–water partition coefficient (Wildman–Crippen LogP) is 4.25. The first-order valence-corrected chi connectivity index (χ1v) is 7.52. The van der Waals surface area contributed by atoms with E-state index in [9.17, 15) is 4.79 Å². The van der Waals surface area contributed by atoms with Crippen molar-refractivity contribution in [3.05, 3.63) is 71.9 Å². The molecular weight excluding hydrogens is 304 g/mol. The van der Waals surface area contributed by atoms with Crippen LogP contribution in [0.4, 0.5) is 0 Å². The fourth-order valence-electron chi connectivity index (χ4n) is 2.64. The monoisotopic (exact) mass is 318 g/mol. The van der Waals surface area contributed by atoms with Crippen LogP contribution in [0.25, 0.3) is 21.7 Å². The van der Waals surface area contributed by atoms with Crippen molar-refractivity contribution in [2.75, 3.05) is 0 Å². The van der Waals surface area contributed by atoms with Gasteiger partial charge in [0.2, 0.25) is 0 Å². The molecule has 0 bridgehead atoms. The molecule has 2 aromatic carbocycles. The molecule has 1 N–H and O–H groups in total. The van der Waals surface area contributed by atoms with Crippen LogP contribution >= 0.6 is 0 Å². The highest BCUT2D eigenvalue weighted by Gasteiger charge is 2.13. The topological polar surface area (TPSA) is 67.7 Å². The second-order valence-corrected chi connectivity index (χ2v) is 5.46. The fourth-order valence-corrected chi connectivity index (χ4v) is 2.64. The molecule has 4 rings (SSSR count). The van der Waals surface area contributed by atoms with Crippen molar-refractivity contribution in [3.63, 3.8) is 0 Å². The van der Waals surface area contributed by atoms with Crippen LogP contribution in [0.1, 0.15) is 22.1 Å². The van der Waals surface area contributed by atoms with Crippen molar-refractivity contribution in [1.82, 2.24) is 5.43 Å². The largest absolute Gasteiger partial charge is 0.460 e. The molecule has 0 aliphatic heterocycles. The molecule has 0 aliphatic carbocycles. The Bertz CT molecular complexity index is 1070. The van der Waals surface area contributed by atoms with Crippen LogP contribution in [0.5, 0.6) is 0 Å². The van der Waals surface area contributed by atoms with Gasteiger partial charge in [0.1, 0.15) is 17.1 Å². The number of carbonyl (C=O) groups excluding carboxylic acids is 1. The summed E-state index contributed by atoms with van der Waals surface area (Å²) in [4.78, 5) is 12.2. The Morgan fingerprint density at radius 3 is 2.75 bits per heavy atom. The van der Waals surface area contributed by atoms with E-state index < -0.39 is 5.91 Å². The van der Waals surface area contributed by atoms with E-state index >= 15 is 0 Å². The molecule has 2 heterocycles. The number of furan rings is 2. The van der Waals surface area contributed by atoms with Gasteiger partial charge in [-0.1, -0.05) is 30.3 Å². The Morgan fingerprint density at radius 2 is 1.92 bits per heavy atom. The molecule has 0 aliphatic rings. The van der Waals surface area contributed by atoms with Gasteiger partial charge in [-0.3, -0.25) is 4.79 Å². The molecule has 5 nitrogen and oxygen atoms in total. The number of aryl methyl sites for hydroxylation is 1. The van der Waals surface area contributed by atoms with Crippen LogP contribution in [0.3, 0.4) is 0 Å². The van der Waals surface area contributed by atoms with Crippen LogP contribution in [0.2, 0.25) is 0 Å². The van der Waals surface area contributed by atoms with E-state index in [1.165, 1.54) is 6.21 Å². The average molecular weight is 318 g/mol. The normalized spacial score (nSPS) is 11.5. The van der Waals surface area contributed by atoms with E-state index in [0.29, 0.717) is 11.3 Å². The molecule has 0 spiro atoms. The molecule has 0 saturated heterocycles. The van der Waals surface area contributed by atoms with Gasteiger partial charge in [0.15, 0.2) is 5.76 Å². The first-order chi connectivity index (χ1) is 11.7. The third-order valence-electron chi connectivity index (χ3n) is 3.77. The number of rotatable bonds is 3. The van der Waals surface area contributed by atoms with Crippen LogP contribution < -0.4 is 5.43 Å². The summed E-state index contributed by atoms with van der Waals surface area (Å²) in [7, 11) is 0. The Hall–Kier alpha value is -3.34. The van der Waals surface area contributed by atoms with Gasteiger partial charge in [-0.05, 0) is 42.0 Å². The third kappa shape index (κ3) is 2.56. The number of carbonyl (C=O) groups is 1. The summed E-state index contributed by atoms with van der Waals surface area (Å²) in [5.41, 5.74) is 3.11. The summed E-state index contributed by atoms with van der Waals surface area (Å²) in [6.45, 7) is 1.84. The predicted molar refractivity (Wildman–Crippen MR) is 92.2 cm³/mol. The van der Waals surface area contributed by atoms with Crippen LogP contribution in [0.15, 0.2) is 68.5 Å². The molecule has 0 fully saturated rings.